The Labute approximate surface area is 158 Å². The third-order valence-corrected chi connectivity index (χ3v) is 4.84. The van der Waals surface area contributed by atoms with Gasteiger partial charge in [-0.2, -0.15) is 0 Å². The summed E-state index contributed by atoms with van der Waals surface area (Å²) in [6, 6.07) is 1.86. The minimum absolute atomic E-state index is 0.0894. The van der Waals surface area contributed by atoms with Gasteiger partial charge in [-0.3, -0.25) is 14.7 Å². The van der Waals surface area contributed by atoms with Gasteiger partial charge in [0.15, 0.2) is 5.65 Å². The summed E-state index contributed by atoms with van der Waals surface area (Å²) in [4.78, 5) is 28.9. The number of fused-ring (bicyclic) bond motifs is 1. The van der Waals surface area contributed by atoms with E-state index in [1.54, 1.807) is 6.92 Å². The predicted molar refractivity (Wildman–Crippen MR) is 106 cm³/mol. The van der Waals surface area contributed by atoms with E-state index in [2.05, 4.69) is 27.5 Å². The summed E-state index contributed by atoms with van der Waals surface area (Å²) in [6.07, 6.45) is 11.6. The van der Waals surface area contributed by atoms with Crippen LogP contribution in [-0.4, -0.2) is 27.7 Å². The summed E-state index contributed by atoms with van der Waals surface area (Å²) >= 11 is 0. The lowest BCUT2D eigenvalue weighted by Crippen LogP contribution is -2.24. The predicted octanol–water partition coefficient (Wildman–Crippen LogP) is 3.51. The van der Waals surface area contributed by atoms with E-state index in [1.807, 2.05) is 18.2 Å². The van der Waals surface area contributed by atoms with Crippen LogP contribution in [0.1, 0.15) is 49.1 Å². The topological polar surface area (TPSA) is 76.5 Å². The summed E-state index contributed by atoms with van der Waals surface area (Å²) in [5, 5.41) is 3.13. The van der Waals surface area contributed by atoms with Gasteiger partial charge in [-0.25, -0.2) is 9.50 Å². The number of carbonyl (C=O) groups is 1. The molecule has 1 N–H and O–H groups in total. The number of nitrogens with zero attached hydrogens (tertiary/aromatic N) is 2. The summed E-state index contributed by atoms with van der Waals surface area (Å²) in [6.45, 7) is 5.83. The molecule has 2 aromatic heterocycles. The zero-order valence-electron chi connectivity index (χ0n) is 15.9. The number of methoxy groups -OCH3 is 1. The number of aryl methyl sites for hydroxylation is 1. The summed E-state index contributed by atoms with van der Waals surface area (Å²) in [7, 11) is 1.31. The van der Waals surface area contributed by atoms with Gasteiger partial charge in [0.05, 0.1) is 24.8 Å². The van der Waals surface area contributed by atoms with Crippen LogP contribution >= 0.6 is 0 Å². The number of ether oxygens (including phenoxy) is 1. The Kier molecular flexibility index (Phi) is 5.74. The van der Waals surface area contributed by atoms with Gasteiger partial charge in [0.1, 0.15) is 0 Å². The lowest BCUT2D eigenvalue weighted by atomic mass is 10.0. The minimum atomic E-state index is -0.458. The first-order chi connectivity index (χ1) is 13.0. The molecule has 27 heavy (non-hydrogen) atoms. The number of rotatable bonds is 3. The Morgan fingerprint density at radius 2 is 2.15 bits per heavy atom. The van der Waals surface area contributed by atoms with Crippen molar-refractivity contribution in [2.24, 2.45) is 0 Å². The SMILES string of the molecule is C=C1/C=C\C(c2cc3nc(C)c(CC(=O)OC)c(=O)n3[nH]2)=C/CCCCC1. The van der Waals surface area contributed by atoms with E-state index in [-0.39, 0.29) is 12.0 Å². The van der Waals surface area contributed by atoms with Crippen molar-refractivity contribution in [3.8, 4) is 0 Å². The number of allylic oxidation sites excluding steroid dienone is 5. The summed E-state index contributed by atoms with van der Waals surface area (Å²) < 4.78 is 6.07. The van der Waals surface area contributed by atoms with Crippen LogP contribution in [0.5, 0.6) is 0 Å². The van der Waals surface area contributed by atoms with Crippen LogP contribution in [0.15, 0.2) is 41.2 Å². The lowest BCUT2D eigenvalue weighted by molar-refractivity contribution is -0.139. The number of H-pyrrole nitrogens is 1. The van der Waals surface area contributed by atoms with Crippen molar-refractivity contribution < 1.29 is 9.53 Å². The molecule has 0 bridgehead atoms. The van der Waals surface area contributed by atoms with Crippen LogP contribution in [0, 0.1) is 6.92 Å². The molecule has 2 aromatic rings. The van der Waals surface area contributed by atoms with Gasteiger partial charge < -0.3 is 4.74 Å². The van der Waals surface area contributed by atoms with Crippen molar-refractivity contribution in [3.63, 3.8) is 0 Å². The normalized spacial score (nSPS) is 18.7. The first kappa shape index (κ1) is 18.9. The van der Waals surface area contributed by atoms with Gasteiger partial charge in [0.25, 0.3) is 5.56 Å². The second-order valence-electron chi connectivity index (χ2n) is 6.85. The van der Waals surface area contributed by atoms with Crippen molar-refractivity contribution >= 4 is 17.2 Å². The molecule has 0 amide bonds. The highest BCUT2D eigenvalue weighted by Gasteiger charge is 2.16. The second-order valence-corrected chi connectivity index (χ2v) is 6.85. The highest BCUT2D eigenvalue weighted by Crippen LogP contribution is 2.21. The Morgan fingerprint density at radius 3 is 2.93 bits per heavy atom. The number of esters is 1. The first-order valence-corrected chi connectivity index (χ1v) is 9.24. The molecule has 1 aliphatic carbocycles. The van der Waals surface area contributed by atoms with Crippen molar-refractivity contribution in [3.05, 3.63) is 63.8 Å². The van der Waals surface area contributed by atoms with Gasteiger partial charge in [0.2, 0.25) is 0 Å². The Bertz CT molecular complexity index is 992. The quantitative estimate of drug-likeness (QED) is 0.843. The van der Waals surface area contributed by atoms with Crippen LogP contribution in [0.2, 0.25) is 0 Å². The van der Waals surface area contributed by atoms with E-state index in [0.717, 1.165) is 36.1 Å². The molecule has 0 spiro atoms. The van der Waals surface area contributed by atoms with Crippen LogP contribution in [-0.2, 0) is 16.0 Å². The third-order valence-electron chi connectivity index (χ3n) is 4.84. The van der Waals surface area contributed by atoms with Crippen LogP contribution in [0.25, 0.3) is 11.2 Å². The number of carbonyl (C=O) groups excluding carboxylic acids is 1. The molecular weight excluding hydrogens is 342 g/mol. The lowest BCUT2D eigenvalue weighted by Gasteiger charge is -2.06. The molecule has 0 fully saturated rings. The molecule has 142 valence electrons. The average Bonchev–Trinajstić information content (AvgIpc) is 3.07. The number of hydrogen-bond acceptors (Lipinski definition) is 4. The van der Waals surface area contributed by atoms with E-state index in [1.165, 1.54) is 24.5 Å². The highest BCUT2D eigenvalue weighted by molar-refractivity contribution is 5.75. The zero-order chi connectivity index (χ0) is 19.4. The Hall–Kier alpha value is -2.89. The highest BCUT2D eigenvalue weighted by atomic mass is 16.5. The van der Waals surface area contributed by atoms with Gasteiger partial charge >= 0.3 is 5.97 Å². The van der Waals surface area contributed by atoms with Gasteiger partial charge in [-0.05, 0) is 38.2 Å². The largest absolute Gasteiger partial charge is 0.469 e. The van der Waals surface area contributed by atoms with E-state index in [4.69, 9.17) is 0 Å². The van der Waals surface area contributed by atoms with E-state index in [0.29, 0.717) is 16.9 Å². The van der Waals surface area contributed by atoms with E-state index < -0.39 is 5.97 Å². The summed E-state index contributed by atoms with van der Waals surface area (Å²) in [5.41, 5.74) is 4.07. The standard InChI is InChI=1S/C21H25N3O3/c1-14-8-6-4-5-7-9-16(11-10-14)18-13-19-22-15(2)17(12-20(25)27-3)21(26)24(19)23-18/h9-11,13,23H,1,4-8,12H2,2-3H3/b11-10-,16-9+. The first-order valence-electron chi connectivity index (χ1n) is 9.24. The molecule has 6 heteroatoms. The number of hydrogen-bond donors (Lipinski definition) is 1. The molecular formula is C21H25N3O3. The zero-order valence-corrected chi connectivity index (χ0v) is 15.9. The molecule has 2 heterocycles. The molecule has 3 rings (SSSR count). The Balaban J connectivity index is 2.03. The number of nitrogens with one attached hydrogen (secondary N) is 1. The monoisotopic (exact) mass is 367 g/mol. The maximum absolute atomic E-state index is 12.8. The Morgan fingerprint density at radius 1 is 1.33 bits per heavy atom. The fraction of sp³-hybridized carbons (Fsp3) is 0.381. The molecule has 6 nitrogen and oxygen atoms in total. The van der Waals surface area contributed by atoms with E-state index >= 15 is 0 Å². The van der Waals surface area contributed by atoms with Crippen molar-refractivity contribution in [1.82, 2.24) is 14.6 Å². The molecule has 0 unspecified atom stereocenters. The summed E-state index contributed by atoms with van der Waals surface area (Å²) in [5.74, 6) is -0.458. The van der Waals surface area contributed by atoms with Crippen LogP contribution < -0.4 is 5.56 Å². The maximum Gasteiger partial charge on any atom is 0.310 e. The molecule has 0 aromatic carbocycles. The molecule has 0 aliphatic heterocycles. The van der Waals surface area contributed by atoms with Gasteiger partial charge in [-0.1, -0.05) is 36.8 Å². The van der Waals surface area contributed by atoms with Gasteiger partial charge in [0, 0.05) is 11.8 Å². The maximum atomic E-state index is 12.8. The van der Waals surface area contributed by atoms with Crippen molar-refractivity contribution in [1.29, 1.82) is 0 Å². The molecule has 0 saturated carbocycles. The van der Waals surface area contributed by atoms with Crippen molar-refractivity contribution in [2.75, 3.05) is 7.11 Å². The minimum Gasteiger partial charge on any atom is -0.469 e. The molecule has 0 radical (unpaired) electrons. The third kappa shape index (κ3) is 4.27. The number of aromatic amines is 1. The van der Waals surface area contributed by atoms with Crippen LogP contribution in [0.3, 0.4) is 0 Å². The second kappa shape index (κ2) is 8.20. The fourth-order valence-electron chi connectivity index (χ4n) is 3.23. The molecule has 1 aliphatic rings. The fourth-order valence-corrected chi connectivity index (χ4v) is 3.23. The number of aromatic nitrogens is 3. The average molecular weight is 367 g/mol. The smallest absolute Gasteiger partial charge is 0.310 e. The molecule has 0 atom stereocenters. The molecule has 0 saturated heterocycles. The van der Waals surface area contributed by atoms with Gasteiger partial charge in [-0.15, -0.1) is 0 Å². The van der Waals surface area contributed by atoms with Crippen LogP contribution in [0.4, 0.5) is 0 Å². The van der Waals surface area contributed by atoms with Crippen molar-refractivity contribution in [2.45, 2.75) is 45.4 Å². The van der Waals surface area contributed by atoms with E-state index in [9.17, 15) is 9.59 Å².